The van der Waals surface area contributed by atoms with Crippen LogP contribution >= 0.6 is 7.60 Å². The van der Waals surface area contributed by atoms with Crippen molar-refractivity contribution in [3.63, 3.8) is 0 Å². The van der Waals surface area contributed by atoms with Crippen molar-refractivity contribution in [2.75, 3.05) is 39.5 Å². The number of nitrogens with zero attached hydrogens (tertiary/aromatic N) is 1. The maximum Gasteiger partial charge on any atom is 0.135 e. The molecule has 0 N–H and O–H groups in total. The van der Waals surface area contributed by atoms with Gasteiger partial charge in [0.05, 0.1) is 33.3 Å². The van der Waals surface area contributed by atoms with Gasteiger partial charge in [0.2, 0.25) is 0 Å². The first-order chi connectivity index (χ1) is 22.2. The summed E-state index contributed by atoms with van der Waals surface area (Å²) in [6.45, 7) is 20.1. The number of unbranched alkanes of at least 4 members (excludes halogenated alkanes) is 17. The second-order valence-electron chi connectivity index (χ2n) is 15.0. The molecule has 0 rings (SSSR count). The molecule has 0 saturated carbocycles. The van der Waals surface area contributed by atoms with Crippen molar-refractivity contribution in [3.8, 4) is 0 Å². The molecule has 0 aromatic rings. The molecular formula is C41H88NO3P. The predicted molar refractivity (Wildman–Crippen MR) is 206 cm³/mol. The van der Waals surface area contributed by atoms with Crippen molar-refractivity contribution in [2.45, 2.75) is 215 Å². The summed E-state index contributed by atoms with van der Waals surface area (Å²) in [5, 5.41) is 0. The normalized spacial score (nSPS) is 14.5. The monoisotopic (exact) mass is 674 g/mol. The van der Waals surface area contributed by atoms with Crippen LogP contribution in [0.3, 0.4) is 0 Å². The molecule has 0 spiro atoms. The van der Waals surface area contributed by atoms with E-state index in [-0.39, 0.29) is 12.1 Å². The van der Waals surface area contributed by atoms with E-state index in [1.165, 1.54) is 140 Å². The molecule has 0 saturated heterocycles. The van der Waals surface area contributed by atoms with E-state index < -0.39 is 7.60 Å². The van der Waals surface area contributed by atoms with Crippen LogP contribution in [0.5, 0.6) is 0 Å². The lowest BCUT2D eigenvalue weighted by Gasteiger charge is -2.35. The second kappa shape index (κ2) is 35.0. The van der Waals surface area contributed by atoms with Crippen molar-refractivity contribution in [2.24, 2.45) is 11.8 Å². The number of hydrogen-bond acceptors (Lipinski definition) is 3. The standard InChI is InChI=1S/C25H54N.C16H35O3P/c1-5-8-11-14-17-20-23-26(4,24-21-18-15-12-9-6-2)25-22-19-16-13-10-7-3;1-5-9-11-15(7-3)13-19-20(17,18)14-16(8-4)12-10-6-2/h5-25H2,1-4H3;15-16H,5-14H2,1-4H3,(H,17,18)/q+1;/p-1. The van der Waals surface area contributed by atoms with Gasteiger partial charge in [-0.05, 0) is 63.2 Å². The minimum atomic E-state index is -3.65. The summed E-state index contributed by atoms with van der Waals surface area (Å²) in [6.07, 6.45) is 34.6. The lowest BCUT2D eigenvalue weighted by atomic mass is 10.0. The van der Waals surface area contributed by atoms with Crippen LogP contribution < -0.4 is 4.89 Å². The minimum absolute atomic E-state index is 0.216. The smallest absolute Gasteiger partial charge is 0.135 e. The molecule has 3 unspecified atom stereocenters. The van der Waals surface area contributed by atoms with Crippen molar-refractivity contribution in [1.29, 1.82) is 0 Å². The van der Waals surface area contributed by atoms with Crippen LogP contribution in [0.25, 0.3) is 0 Å². The van der Waals surface area contributed by atoms with Crippen LogP contribution in [0, 0.1) is 11.8 Å². The van der Waals surface area contributed by atoms with E-state index in [4.69, 9.17) is 4.52 Å². The molecular weight excluding hydrogens is 585 g/mol. The highest BCUT2D eigenvalue weighted by atomic mass is 31.2. The molecule has 3 atom stereocenters. The maximum absolute atomic E-state index is 12.1. The largest absolute Gasteiger partial charge is 0.778 e. The van der Waals surface area contributed by atoms with E-state index in [0.717, 1.165) is 51.4 Å². The minimum Gasteiger partial charge on any atom is -0.778 e. The zero-order valence-electron chi connectivity index (χ0n) is 33.2. The van der Waals surface area contributed by atoms with E-state index >= 15 is 0 Å². The molecule has 0 aromatic heterocycles. The lowest BCUT2D eigenvalue weighted by Crippen LogP contribution is -2.46. The van der Waals surface area contributed by atoms with E-state index in [1.807, 2.05) is 0 Å². The quantitative estimate of drug-likeness (QED) is 0.0388. The van der Waals surface area contributed by atoms with Crippen LogP contribution in [-0.4, -0.2) is 43.9 Å². The van der Waals surface area contributed by atoms with Gasteiger partial charge in [0.25, 0.3) is 0 Å². The van der Waals surface area contributed by atoms with Gasteiger partial charge in [0.15, 0.2) is 0 Å². The Morgan fingerprint density at radius 3 is 1.17 bits per heavy atom. The van der Waals surface area contributed by atoms with Crippen molar-refractivity contribution < 1.29 is 18.5 Å². The van der Waals surface area contributed by atoms with E-state index in [9.17, 15) is 9.46 Å². The first-order valence-electron chi connectivity index (χ1n) is 20.9. The van der Waals surface area contributed by atoms with Crippen molar-refractivity contribution in [3.05, 3.63) is 0 Å². The SMILES string of the molecule is CCCCC(CC)COP(=O)([O-])CC(CC)CCCC.CCCCCCCC[N+](C)(CCCCCCCC)CCCCCCCC. The fourth-order valence-electron chi connectivity index (χ4n) is 6.56. The average molecular weight is 674 g/mol. The Morgan fingerprint density at radius 1 is 0.500 bits per heavy atom. The van der Waals surface area contributed by atoms with Crippen LogP contribution in [0.1, 0.15) is 215 Å². The fourth-order valence-corrected chi connectivity index (χ4v) is 8.18. The second-order valence-corrected chi connectivity index (χ2v) is 16.9. The maximum atomic E-state index is 12.1. The molecule has 0 aliphatic carbocycles. The van der Waals surface area contributed by atoms with Gasteiger partial charge in [-0.25, -0.2) is 0 Å². The molecule has 0 aliphatic heterocycles. The van der Waals surface area contributed by atoms with Gasteiger partial charge in [-0.2, -0.15) is 0 Å². The molecule has 0 aromatic carbocycles. The van der Waals surface area contributed by atoms with Gasteiger partial charge in [-0.15, -0.1) is 0 Å². The number of quaternary nitrogens is 1. The van der Waals surface area contributed by atoms with Crippen LogP contribution in [0.15, 0.2) is 0 Å². The van der Waals surface area contributed by atoms with Gasteiger partial charge < -0.3 is 18.5 Å². The van der Waals surface area contributed by atoms with Gasteiger partial charge >= 0.3 is 0 Å². The molecule has 4 nitrogen and oxygen atoms in total. The molecule has 0 bridgehead atoms. The van der Waals surface area contributed by atoms with Crippen molar-refractivity contribution >= 4 is 7.60 Å². The average Bonchev–Trinajstić information content (AvgIpc) is 3.04. The molecule has 0 fully saturated rings. The molecule has 280 valence electrons. The van der Waals surface area contributed by atoms with E-state index in [0.29, 0.717) is 12.5 Å². The number of rotatable bonds is 34. The Balaban J connectivity index is 0. The van der Waals surface area contributed by atoms with Crippen LogP contribution in [0.2, 0.25) is 0 Å². The Morgan fingerprint density at radius 2 is 0.826 bits per heavy atom. The summed E-state index contributed by atoms with van der Waals surface area (Å²) in [7, 11) is -1.09. The highest BCUT2D eigenvalue weighted by Crippen LogP contribution is 2.42. The molecule has 0 amide bonds. The summed E-state index contributed by atoms with van der Waals surface area (Å²) in [4.78, 5) is 12.1. The third kappa shape index (κ3) is 32.6. The first kappa shape index (κ1) is 48.2. The van der Waals surface area contributed by atoms with E-state index in [2.05, 4.69) is 55.5 Å². The van der Waals surface area contributed by atoms with Crippen LogP contribution in [-0.2, 0) is 9.09 Å². The Hall–Kier alpha value is 0.110. The highest BCUT2D eigenvalue weighted by Gasteiger charge is 2.20. The molecule has 0 aliphatic rings. The van der Waals surface area contributed by atoms with Crippen molar-refractivity contribution in [1.82, 2.24) is 0 Å². The summed E-state index contributed by atoms with van der Waals surface area (Å²) in [5.41, 5.74) is 0. The van der Waals surface area contributed by atoms with Gasteiger partial charge in [0.1, 0.15) is 7.60 Å². The fraction of sp³-hybridized carbons (Fsp3) is 1.00. The summed E-state index contributed by atoms with van der Waals surface area (Å²) in [6, 6.07) is 0. The topological polar surface area (TPSA) is 49.4 Å². The zero-order valence-corrected chi connectivity index (χ0v) is 34.1. The molecule has 0 radical (unpaired) electrons. The number of hydrogen-bond donors (Lipinski definition) is 0. The Kier molecular flexibility index (Phi) is 36.6. The third-order valence-electron chi connectivity index (χ3n) is 10.2. The van der Waals surface area contributed by atoms with E-state index in [1.54, 1.807) is 0 Å². The lowest BCUT2D eigenvalue weighted by molar-refractivity contribution is -0.910. The van der Waals surface area contributed by atoms with Gasteiger partial charge in [-0.1, -0.05) is 164 Å². The predicted octanol–water partition coefficient (Wildman–Crippen LogP) is 13.5. The van der Waals surface area contributed by atoms with Gasteiger partial charge in [-0.3, -0.25) is 0 Å². The summed E-state index contributed by atoms with van der Waals surface area (Å²) in [5.74, 6) is 0.641. The zero-order chi connectivity index (χ0) is 34.8. The molecule has 46 heavy (non-hydrogen) atoms. The van der Waals surface area contributed by atoms with Gasteiger partial charge in [0, 0.05) is 6.16 Å². The molecule has 5 heteroatoms. The highest BCUT2D eigenvalue weighted by molar-refractivity contribution is 7.51. The first-order valence-corrected chi connectivity index (χ1v) is 22.7. The van der Waals surface area contributed by atoms with Crippen LogP contribution in [0.4, 0.5) is 0 Å². The molecule has 0 heterocycles. The Labute approximate surface area is 292 Å². The summed E-state index contributed by atoms with van der Waals surface area (Å²) >= 11 is 0. The Bertz CT molecular complexity index is 602. The summed E-state index contributed by atoms with van der Waals surface area (Å²) < 4.78 is 18.7. The third-order valence-corrected chi connectivity index (χ3v) is 11.7.